The van der Waals surface area contributed by atoms with Crippen LogP contribution in [0, 0.1) is 10.5 Å². The van der Waals surface area contributed by atoms with Crippen LogP contribution in [0.5, 0.6) is 5.75 Å². The fraction of sp³-hybridized carbons (Fsp3) is 0.0455. The van der Waals surface area contributed by atoms with Gasteiger partial charge in [0, 0.05) is 13.6 Å². The SMILES string of the molecule is Cc1ccccc1C(=O)Oc1ccc(Br)cc1/C=N\NC(=O)c1ccccc1I. The van der Waals surface area contributed by atoms with Gasteiger partial charge in [0.15, 0.2) is 0 Å². The van der Waals surface area contributed by atoms with Gasteiger partial charge in [-0.1, -0.05) is 46.3 Å². The van der Waals surface area contributed by atoms with Gasteiger partial charge in [-0.3, -0.25) is 4.79 Å². The third-order valence-corrected chi connectivity index (χ3v) is 5.46. The second-order valence-corrected chi connectivity index (χ2v) is 8.14. The molecular formula is C22H16BrIN2O3. The summed E-state index contributed by atoms with van der Waals surface area (Å²) in [5, 5.41) is 4.02. The molecule has 1 amide bonds. The van der Waals surface area contributed by atoms with Crippen molar-refractivity contribution in [3.05, 3.63) is 97.0 Å². The first-order valence-electron chi connectivity index (χ1n) is 8.61. The highest BCUT2D eigenvalue weighted by molar-refractivity contribution is 14.1. The van der Waals surface area contributed by atoms with Crippen LogP contribution in [-0.2, 0) is 0 Å². The minimum Gasteiger partial charge on any atom is -0.422 e. The van der Waals surface area contributed by atoms with Crippen LogP contribution in [0.4, 0.5) is 0 Å². The van der Waals surface area contributed by atoms with Gasteiger partial charge in [-0.15, -0.1) is 0 Å². The predicted octanol–water partition coefficient (Wildman–Crippen LogP) is 5.35. The highest BCUT2D eigenvalue weighted by atomic mass is 127. The van der Waals surface area contributed by atoms with Crippen molar-refractivity contribution >= 4 is 56.6 Å². The van der Waals surface area contributed by atoms with E-state index in [0.29, 0.717) is 22.4 Å². The van der Waals surface area contributed by atoms with Crippen molar-refractivity contribution < 1.29 is 14.3 Å². The number of nitrogens with one attached hydrogen (secondary N) is 1. The summed E-state index contributed by atoms with van der Waals surface area (Å²) in [6.45, 7) is 1.85. The molecule has 0 heterocycles. The topological polar surface area (TPSA) is 67.8 Å². The van der Waals surface area contributed by atoms with E-state index < -0.39 is 5.97 Å². The Kier molecular flexibility index (Phi) is 7.16. The van der Waals surface area contributed by atoms with Crippen LogP contribution in [0.3, 0.4) is 0 Å². The number of ether oxygens (including phenoxy) is 1. The van der Waals surface area contributed by atoms with E-state index in [1.807, 2.05) is 31.2 Å². The van der Waals surface area contributed by atoms with Crippen molar-refractivity contribution in [3.8, 4) is 5.75 Å². The molecule has 0 atom stereocenters. The Bertz CT molecular complexity index is 1100. The second kappa shape index (κ2) is 9.80. The molecule has 0 bridgehead atoms. The lowest BCUT2D eigenvalue weighted by Gasteiger charge is -2.09. The third-order valence-electron chi connectivity index (χ3n) is 4.03. The zero-order chi connectivity index (χ0) is 20.8. The summed E-state index contributed by atoms with van der Waals surface area (Å²) in [6, 6.07) is 19.6. The Morgan fingerprint density at radius 2 is 1.72 bits per heavy atom. The summed E-state index contributed by atoms with van der Waals surface area (Å²) in [7, 11) is 0. The average Bonchev–Trinajstić information content (AvgIpc) is 2.70. The maximum Gasteiger partial charge on any atom is 0.343 e. The monoisotopic (exact) mass is 562 g/mol. The molecule has 146 valence electrons. The lowest BCUT2D eigenvalue weighted by Crippen LogP contribution is -2.18. The second-order valence-electron chi connectivity index (χ2n) is 6.07. The Balaban J connectivity index is 1.77. The number of benzene rings is 3. The first kappa shape index (κ1) is 21.2. The van der Waals surface area contributed by atoms with Gasteiger partial charge in [-0.05, 0) is 71.5 Å². The van der Waals surface area contributed by atoms with Gasteiger partial charge in [0.25, 0.3) is 5.91 Å². The molecule has 5 nitrogen and oxygen atoms in total. The summed E-state index contributed by atoms with van der Waals surface area (Å²) in [5.41, 5.74) is 4.90. The summed E-state index contributed by atoms with van der Waals surface area (Å²) < 4.78 is 7.18. The van der Waals surface area contributed by atoms with Crippen LogP contribution in [0.2, 0.25) is 0 Å². The maximum absolute atomic E-state index is 12.5. The van der Waals surface area contributed by atoms with Crippen LogP contribution in [0.1, 0.15) is 31.8 Å². The van der Waals surface area contributed by atoms with E-state index in [4.69, 9.17) is 4.74 Å². The van der Waals surface area contributed by atoms with Gasteiger partial charge in [0.2, 0.25) is 0 Å². The number of hydrogen-bond acceptors (Lipinski definition) is 4. The Labute approximate surface area is 190 Å². The molecule has 0 saturated carbocycles. The highest BCUT2D eigenvalue weighted by Crippen LogP contribution is 2.23. The van der Waals surface area contributed by atoms with E-state index in [2.05, 4.69) is 49.0 Å². The largest absolute Gasteiger partial charge is 0.422 e. The number of amides is 1. The average molecular weight is 563 g/mol. The van der Waals surface area contributed by atoms with E-state index in [0.717, 1.165) is 13.6 Å². The summed E-state index contributed by atoms with van der Waals surface area (Å²) in [6.07, 6.45) is 1.44. The number of carbonyl (C=O) groups is 2. The van der Waals surface area contributed by atoms with Crippen molar-refractivity contribution in [2.75, 3.05) is 0 Å². The third kappa shape index (κ3) is 5.51. The fourth-order valence-corrected chi connectivity index (χ4v) is 3.55. The van der Waals surface area contributed by atoms with Crippen molar-refractivity contribution in [2.45, 2.75) is 6.92 Å². The molecule has 3 aromatic rings. The smallest absolute Gasteiger partial charge is 0.343 e. The molecule has 0 fully saturated rings. The van der Waals surface area contributed by atoms with E-state index >= 15 is 0 Å². The molecular weight excluding hydrogens is 547 g/mol. The number of hydrogen-bond donors (Lipinski definition) is 1. The normalized spacial score (nSPS) is 10.7. The molecule has 7 heteroatoms. The quantitative estimate of drug-likeness (QED) is 0.150. The van der Waals surface area contributed by atoms with Crippen molar-refractivity contribution in [3.63, 3.8) is 0 Å². The lowest BCUT2D eigenvalue weighted by atomic mass is 10.1. The van der Waals surface area contributed by atoms with E-state index in [1.165, 1.54) is 6.21 Å². The molecule has 1 N–H and O–H groups in total. The Hall–Kier alpha value is -2.52. The van der Waals surface area contributed by atoms with Gasteiger partial charge in [-0.25, -0.2) is 10.2 Å². The molecule has 0 aromatic heterocycles. The zero-order valence-corrected chi connectivity index (χ0v) is 19.1. The first-order chi connectivity index (χ1) is 14.0. The molecule has 0 spiro atoms. The van der Waals surface area contributed by atoms with Gasteiger partial charge < -0.3 is 4.74 Å². The number of rotatable bonds is 5. The molecule has 0 aliphatic heterocycles. The highest BCUT2D eigenvalue weighted by Gasteiger charge is 2.14. The molecule has 0 unspecified atom stereocenters. The van der Waals surface area contributed by atoms with Crippen molar-refractivity contribution in [1.29, 1.82) is 0 Å². The predicted molar refractivity (Wildman–Crippen MR) is 124 cm³/mol. The van der Waals surface area contributed by atoms with Crippen LogP contribution in [0.25, 0.3) is 0 Å². The van der Waals surface area contributed by atoms with Gasteiger partial charge >= 0.3 is 5.97 Å². The number of carbonyl (C=O) groups excluding carboxylic acids is 2. The fourth-order valence-electron chi connectivity index (χ4n) is 2.54. The summed E-state index contributed by atoms with van der Waals surface area (Å²) in [4.78, 5) is 24.8. The molecule has 3 rings (SSSR count). The molecule has 0 aliphatic rings. The molecule has 29 heavy (non-hydrogen) atoms. The number of hydrazone groups is 1. The summed E-state index contributed by atoms with van der Waals surface area (Å²) in [5.74, 6) is -0.434. The molecule has 0 radical (unpaired) electrons. The minimum atomic E-state index is -0.456. The van der Waals surface area contributed by atoms with Crippen LogP contribution >= 0.6 is 38.5 Å². The number of esters is 1. The van der Waals surface area contributed by atoms with E-state index in [-0.39, 0.29) is 5.91 Å². The maximum atomic E-state index is 12.5. The van der Waals surface area contributed by atoms with Gasteiger partial charge in [-0.2, -0.15) is 5.10 Å². The molecule has 0 aliphatic carbocycles. The zero-order valence-electron chi connectivity index (χ0n) is 15.4. The number of nitrogens with zero attached hydrogens (tertiary/aromatic N) is 1. The summed E-state index contributed by atoms with van der Waals surface area (Å²) >= 11 is 5.49. The van der Waals surface area contributed by atoms with E-state index in [9.17, 15) is 9.59 Å². The standard InChI is InChI=1S/C22H16BrIN2O3/c1-14-6-2-3-7-17(14)22(28)29-20-11-10-16(23)12-15(20)13-25-26-21(27)18-8-4-5-9-19(18)24/h2-13H,1H3,(H,26,27)/b25-13-. The van der Waals surface area contributed by atoms with Crippen LogP contribution in [-0.4, -0.2) is 18.1 Å². The van der Waals surface area contributed by atoms with Gasteiger partial charge in [0.05, 0.1) is 17.3 Å². The lowest BCUT2D eigenvalue weighted by molar-refractivity contribution is 0.0733. The van der Waals surface area contributed by atoms with Crippen molar-refractivity contribution in [2.24, 2.45) is 5.10 Å². The molecule has 0 saturated heterocycles. The van der Waals surface area contributed by atoms with Gasteiger partial charge in [0.1, 0.15) is 5.75 Å². The Morgan fingerprint density at radius 3 is 2.45 bits per heavy atom. The van der Waals surface area contributed by atoms with E-state index in [1.54, 1.807) is 42.5 Å². The van der Waals surface area contributed by atoms with Crippen LogP contribution < -0.4 is 10.2 Å². The minimum absolute atomic E-state index is 0.320. The van der Waals surface area contributed by atoms with Crippen LogP contribution in [0.15, 0.2) is 76.3 Å². The first-order valence-corrected chi connectivity index (χ1v) is 10.5. The number of halogens is 2. The number of aryl methyl sites for hydroxylation is 1. The van der Waals surface area contributed by atoms with Crippen molar-refractivity contribution in [1.82, 2.24) is 5.43 Å². The Morgan fingerprint density at radius 1 is 1.03 bits per heavy atom. The molecule has 3 aromatic carbocycles.